The fourth-order valence-electron chi connectivity index (χ4n) is 2.19. The Morgan fingerprint density at radius 2 is 2.26 bits per heavy atom. The van der Waals surface area contributed by atoms with Gasteiger partial charge in [-0.05, 0) is 37.0 Å². The first-order valence-corrected chi connectivity index (χ1v) is 6.96. The van der Waals surface area contributed by atoms with Crippen LogP contribution in [0.15, 0.2) is 29.3 Å². The highest BCUT2D eigenvalue weighted by Gasteiger charge is 2.44. The number of aliphatic imine (C=N–C) groups is 1. The van der Waals surface area contributed by atoms with Crippen molar-refractivity contribution in [2.24, 2.45) is 10.7 Å². The summed E-state index contributed by atoms with van der Waals surface area (Å²) in [7, 11) is 0. The molecule has 1 aromatic carbocycles. The average Bonchev–Trinajstić information content (AvgIpc) is 3.18. The molecule has 0 amide bonds. The lowest BCUT2D eigenvalue weighted by molar-refractivity contribution is 0.616. The summed E-state index contributed by atoms with van der Waals surface area (Å²) in [6, 6.07) is 6.83. The highest BCUT2D eigenvalue weighted by molar-refractivity contribution is 5.77. The van der Waals surface area contributed by atoms with Gasteiger partial charge in [0, 0.05) is 12.0 Å². The molecule has 1 aliphatic rings. The Morgan fingerprint density at radius 3 is 2.89 bits per heavy atom. The fraction of sp³-hybridized carbons (Fsp3) is 0.533. The zero-order valence-electron chi connectivity index (χ0n) is 11.5. The normalized spacial score (nSPS) is 17.3. The maximum Gasteiger partial charge on any atom is 0.188 e. The van der Waals surface area contributed by atoms with Crippen LogP contribution in [0.5, 0.6) is 0 Å². The van der Waals surface area contributed by atoms with Crippen LogP contribution in [0.2, 0.25) is 0 Å². The summed E-state index contributed by atoms with van der Waals surface area (Å²) in [5.74, 6) is 0.318. The molecule has 1 aliphatic carbocycles. The molecule has 1 saturated carbocycles. The van der Waals surface area contributed by atoms with E-state index in [1.807, 2.05) is 6.07 Å². The number of guanidine groups is 1. The number of hydrogen-bond donors (Lipinski definition) is 2. The van der Waals surface area contributed by atoms with E-state index in [9.17, 15) is 4.39 Å². The molecule has 0 unspecified atom stereocenters. The Kier molecular flexibility index (Phi) is 4.40. The minimum absolute atomic E-state index is 0.0131. The molecular formula is C15H22FN3. The highest BCUT2D eigenvalue weighted by Crippen LogP contribution is 2.48. The minimum atomic E-state index is -0.179. The molecule has 0 aromatic heterocycles. The summed E-state index contributed by atoms with van der Waals surface area (Å²) in [5.41, 5.74) is 6.87. The predicted octanol–water partition coefficient (Wildman–Crippen LogP) is 2.56. The van der Waals surface area contributed by atoms with Crippen LogP contribution in [-0.4, -0.2) is 19.0 Å². The van der Waals surface area contributed by atoms with Crippen LogP contribution in [0.25, 0.3) is 0 Å². The van der Waals surface area contributed by atoms with Crippen LogP contribution >= 0.6 is 0 Å². The van der Waals surface area contributed by atoms with E-state index in [1.54, 1.807) is 12.1 Å². The molecule has 0 aliphatic heterocycles. The third kappa shape index (κ3) is 3.69. The predicted molar refractivity (Wildman–Crippen MR) is 76.7 cm³/mol. The van der Waals surface area contributed by atoms with E-state index >= 15 is 0 Å². The van der Waals surface area contributed by atoms with Crippen LogP contribution in [0.1, 0.15) is 38.2 Å². The fourth-order valence-corrected chi connectivity index (χ4v) is 2.19. The van der Waals surface area contributed by atoms with E-state index in [2.05, 4.69) is 17.2 Å². The minimum Gasteiger partial charge on any atom is -0.370 e. The Hall–Kier alpha value is -1.58. The van der Waals surface area contributed by atoms with E-state index in [4.69, 9.17) is 5.73 Å². The van der Waals surface area contributed by atoms with Gasteiger partial charge >= 0.3 is 0 Å². The monoisotopic (exact) mass is 263 g/mol. The van der Waals surface area contributed by atoms with Gasteiger partial charge in [0.05, 0.1) is 6.54 Å². The second-order valence-electron chi connectivity index (χ2n) is 5.27. The average molecular weight is 263 g/mol. The van der Waals surface area contributed by atoms with Gasteiger partial charge in [-0.1, -0.05) is 25.5 Å². The maximum atomic E-state index is 13.3. The second kappa shape index (κ2) is 6.04. The standard InChI is InChI=1S/C15H22FN3/c1-2-3-9-18-14(17)19-11-15(7-8-15)12-5-4-6-13(16)10-12/h4-6,10H,2-3,7-9,11H2,1H3,(H3,17,18,19). The quantitative estimate of drug-likeness (QED) is 0.471. The second-order valence-corrected chi connectivity index (χ2v) is 5.27. The van der Waals surface area contributed by atoms with Gasteiger partial charge in [-0.25, -0.2) is 4.39 Å². The Morgan fingerprint density at radius 1 is 1.47 bits per heavy atom. The molecule has 0 saturated heterocycles. The largest absolute Gasteiger partial charge is 0.370 e. The number of nitrogens with two attached hydrogens (primary N) is 1. The van der Waals surface area contributed by atoms with Gasteiger partial charge in [-0.3, -0.25) is 4.99 Å². The summed E-state index contributed by atoms with van der Waals surface area (Å²) in [6.07, 6.45) is 4.34. The number of nitrogens with one attached hydrogen (secondary N) is 1. The van der Waals surface area contributed by atoms with E-state index in [1.165, 1.54) is 6.07 Å². The van der Waals surface area contributed by atoms with Gasteiger partial charge in [0.2, 0.25) is 0 Å². The molecule has 104 valence electrons. The molecule has 0 radical (unpaired) electrons. The van der Waals surface area contributed by atoms with Crippen molar-refractivity contribution < 1.29 is 4.39 Å². The first-order chi connectivity index (χ1) is 9.16. The smallest absolute Gasteiger partial charge is 0.188 e. The maximum absolute atomic E-state index is 13.3. The van der Waals surface area contributed by atoms with E-state index in [-0.39, 0.29) is 11.2 Å². The number of hydrogen-bond acceptors (Lipinski definition) is 1. The van der Waals surface area contributed by atoms with Gasteiger partial charge in [-0.2, -0.15) is 0 Å². The van der Waals surface area contributed by atoms with Crippen molar-refractivity contribution in [1.82, 2.24) is 5.32 Å². The van der Waals surface area contributed by atoms with Crippen LogP contribution in [0.3, 0.4) is 0 Å². The third-order valence-electron chi connectivity index (χ3n) is 3.68. The van der Waals surface area contributed by atoms with Crippen molar-refractivity contribution in [2.45, 2.75) is 38.0 Å². The Labute approximate surface area is 114 Å². The molecule has 19 heavy (non-hydrogen) atoms. The van der Waals surface area contributed by atoms with Crippen LogP contribution in [0, 0.1) is 5.82 Å². The van der Waals surface area contributed by atoms with Crippen LogP contribution < -0.4 is 11.1 Å². The van der Waals surface area contributed by atoms with Crippen LogP contribution in [-0.2, 0) is 5.41 Å². The molecule has 3 N–H and O–H groups in total. The molecule has 2 rings (SSSR count). The zero-order chi connectivity index (χ0) is 13.7. The first-order valence-electron chi connectivity index (χ1n) is 6.96. The van der Waals surface area contributed by atoms with Gasteiger partial charge in [-0.15, -0.1) is 0 Å². The topological polar surface area (TPSA) is 50.4 Å². The third-order valence-corrected chi connectivity index (χ3v) is 3.68. The van der Waals surface area contributed by atoms with Crippen molar-refractivity contribution in [1.29, 1.82) is 0 Å². The van der Waals surface area contributed by atoms with Gasteiger partial charge < -0.3 is 11.1 Å². The van der Waals surface area contributed by atoms with Crippen molar-refractivity contribution in [3.05, 3.63) is 35.6 Å². The highest BCUT2D eigenvalue weighted by atomic mass is 19.1. The zero-order valence-corrected chi connectivity index (χ0v) is 11.5. The summed E-state index contributed by atoms with van der Waals surface area (Å²) in [5, 5.41) is 3.10. The summed E-state index contributed by atoms with van der Waals surface area (Å²) in [4.78, 5) is 4.40. The van der Waals surface area contributed by atoms with Crippen LogP contribution in [0.4, 0.5) is 4.39 Å². The van der Waals surface area contributed by atoms with E-state index in [0.717, 1.165) is 37.8 Å². The first kappa shape index (κ1) is 13.8. The van der Waals surface area contributed by atoms with Crippen molar-refractivity contribution in [2.75, 3.05) is 13.1 Å². The Bertz CT molecular complexity index is 452. The molecule has 0 bridgehead atoms. The summed E-state index contributed by atoms with van der Waals surface area (Å²) >= 11 is 0. The molecule has 1 aromatic rings. The lowest BCUT2D eigenvalue weighted by Gasteiger charge is -2.14. The SMILES string of the molecule is CCCCNC(N)=NCC1(c2cccc(F)c2)CC1. The lowest BCUT2D eigenvalue weighted by atomic mass is 9.96. The molecule has 4 heteroatoms. The Balaban J connectivity index is 1.93. The van der Waals surface area contributed by atoms with Crippen molar-refractivity contribution in [3.63, 3.8) is 0 Å². The number of unbranched alkanes of at least 4 members (excludes halogenated alkanes) is 1. The summed E-state index contributed by atoms with van der Waals surface area (Å²) < 4.78 is 13.3. The summed E-state index contributed by atoms with van der Waals surface area (Å²) in [6.45, 7) is 3.64. The van der Waals surface area contributed by atoms with Gasteiger partial charge in [0.1, 0.15) is 5.82 Å². The van der Waals surface area contributed by atoms with Crippen molar-refractivity contribution in [3.8, 4) is 0 Å². The molecule has 0 atom stereocenters. The molecule has 0 heterocycles. The van der Waals surface area contributed by atoms with Gasteiger partial charge in [0.25, 0.3) is 0 Å². The van der Waals surface area contributed by atoms with Gasteiger partial charge in [0.15, 0.2) is 5.96 Å². The van der Waals surface area contributed by atoms with E-state index in [0.29, 0.717) is 12.5 Å². The number of nitrogens with zero attached hydrogens (tertiary/aromatic N) is 1. The lowest BCUT2D eigenvalue weighted by Crippen LogP contribution is -2.33. The molecule has 1 fully saturated rings. The molecule has 0 spiro atoms. The number of rotatable bonds is 6. The number of benzene rings is 1. The van der Waals surface area contributed by atoms with E-state index < -0.39 is 0 Å². The van der Waals surface area contributed by atoms with Crippen molar-refractivity contribution >= 4 is 5.96 Å². The number of halogens is 1. The molecule has 3 nitrogen and oxygen atoms in total. The molecular weight excluding hydrogens is 241 g/mol.